The molecule has 1 nitrogen and oxygen atoms in total. The standard InChI is InChI=1S/C16H19BrClNS/c1-16(2,3)14-10-20-15(19-14)8-12(9-18)11-5-4-6-13(17)7-11/h4-7,10,12H,8-9H2,1-3H3. The van der Waals surface area contributed by atoms with Crippen LogP contribution in [-0.2, 0) is 11.8 Å². The van der Waals surface area contributed by atoms with E-state index in [1.54, 1.807) is 11.3 Å². The monoisotopic (exact) mass is 371 g/mol. The fraction of sp³-hybridized carbons (Fsp3) is 0.438. The van der Waals surface area contributed by atoms with Gasteiger partial charge in [0.05, 0.1) is 10.7 Å². The Labute approximate surface area is 138 Å². The Hall–Kier alpha value is -0.380. The molecule has 0 N–H and O–H groups in total. The highest BCUT2D eigenvalue weighted by Crippen LogP contribution is 2.29. The molecule has 2 rings (SSSR count). The van der Waals surface area contributed by atoms with E-state index in [1.165, 1.54) is 16.3 Å². The van der Waals surface area contributed by atoms with Crippen LogP contribution in [0.1, 0.15) is 43.0 Å². The zero-order valence-corrected chi connectivity index (χ0v) is 15.1. The van der Waals surface area contributed by atoms with E-state index in [0.717, 1.165) is 10.9 Å². The Morgan fingerprint density at radius 2 is 2.10 bits per heavy atom. The summed E-state index contributed by atoms with van der Waals surface area (Å²) in [6.45, 7) is 6.58. The molecule has 1 aromatic carbocycles. The van der Waals surface area contributed by atoms with Gasteiger partial charge in [0.25, 0.3) is 0 Å². The molecule has 1 heterocycles. The SMILES string of the molecule is CC(C)(C)c1csc(CC(CCl)c2cccc(Br)c2)n1. The first-order valence-electron chi connectivity index (χ1n) is 6.66. The largest absolute Gasteiger partial charge is 0.246 e. The Morgan fingerprint density at radius 3 is 2.65 bits per heavy atom. The molecule has 1 atom stereocenters. The van der Waals surface area contributed by atoms with Crippen molar-refractivity contribution in [1.82, 2.24) is 4.98 Å². The predicted molar refractivity (Wildman–Crippen MR) is 92.1 cm³/mol. The van der Waals surface area contributed by atoms with E-state index in [4.69, 9.17) is 16.6 Å². The molecule has 0 radical (unpaired) electrons. The van der Waals surface area contributed by atoms with Crippen molar-refractivity contribution in [3.63, 3.8) is 0 Å². The van der Waals surface area contributed by atoms with E-state index >= 15 is 0 Å². The second-order valence-electron chi connectivity index (χ2n) is 5.99. The molecule has 0 aliphatic carbocycles. The number of alkyl halides is 1. The van der Waals surface area contributed by atoms with Gasteiger partial charge in [-0.1, -0.05) is 48.8 Å². The van der Waals surface area contributed by atoms with Crippen LogP contribution in [0, 0.1) is 0 Å². The van der Waals surface area contributed by atoms with Gasteiger partial charge < -0.3 is 0 Å². The summed E-state index contributed by atoms with van der Waals surface area (Å²) in [5, 5.41) is 3.34. The predicted octanol–water partition coefficient (Wildman–Crippen LogP) is 5.77. The summed E-state index contributed by atoms with van der Waals surface area (Å²) in [6.07, 6.45) is 0.903. The fourth-order valence-electron chi connectivity index (χ4n) is 1.98. The minimum absolute atomic E-state index is 0.112. The van der Waals surface area contributed by atoms with Crippen LogP contribution in [0.15, 0.2) is 34.1 Å². The van der Waals surface area contributed by atoms with Crippen LogP contribution in [0.2, 0.25) is 0 Å². The van der Waals surface area contributed by atoms with Gasteiger partial charge in [0.1, 0.15) is 0 Å². The van der Waals surface area contributed by atoms with Crippen molar-refractivity contribution in [2.45, 2.75) is 38.5 Å². The second kappa shape index (κ2) is 6.59. The van der Waals surface area contributed by atoms with Crippen molar-refractivity contribution in [3.05, 3.63) is 50.4 Å². The quantitative estimate of drug-likeness (QED) is 0.621. The van der Waals surface area contributed by atoms with Crippen molar-refractivity contribution in [2.75, 3.05) is 5.88 Å². The highest BCUT2D eigenvalue weighted by atomic mass is 79.9. The van der Waals surface area contributed by atoms with Gasteiger partial charge in [-0.2, -0.15) is 0 Å². The van der Waals surface area contributed by atoms with Gasteiger partial charge in [-0.25, -0.2) is 4.98 Å². The van der Waals surface area contributed by atoms with E-state index in [2.05, 4.69) is 60.3 Å². The Kier molecular flexibility index (Phi) is 5.27. The van der Waals surface area contributed by atoms with Crippen molar-refractivity contribution in [2.24, 2.45) is 0 Å². The van der Waals surface area contributed by atoms with Crippen LogP contribution in [0.5, 0.6) is 0 Å². The second-order valence-corrected chi connectivity index (χ2v) is 8.15. The highest BCUT2D eigenvalue weighted by molar-refractivity contribution is 9.10. The minimum Gasteiger partial charge on any atom is -0.246 e. The molecule has 4 heteroatoms. The van der Waals surface area contributed by atoms with Gasteiger partial charge in [-0.3, -0.25) is 0 Å². The average molecular weight is 373 g/mol. The lowest BCUT2D eigenvalue weighted by atomic mass is 9.93. The summed E-state index contributed by atoms with van der Waals surface area (Å²) in [4.78, 5) is 4.77. The number of benzene rings is 1. The number of rotatable bonds is 4. The number of halogens is 2. The summed E-state index contributed by atoms with van der Waals surface area (Å²) in [5.41, 5.74) is 2.54. The van der Waals surface area contributed by atoms with Gasteiger partial charge in [0, 0.05) is 33.5 Å². The lowest BCUT2D eigenvalue weighted by molar-refractivity contribution is 0.569. The molecule has 0 saturated heterocycles. The molecule has 1 aromatic heterocycles. The first-order valence-corrected chi connectivity index (χ1v) is 8.87. The smallest absolute Gasteiger partial charge is 0.0935 e. The molecule has 2 aromatic rings. The molecule has 108 valence electrons. The number of hydrogen-bond donors (Lipinski definition) is 0. The van der Waals surface area contributed by atoms with E-state index in [1.807, 2.05) is 6.07 Å². The summed E-state index contributed by atoms with van der Waals surface area (Å²) >= 11 is 11.4. The van der Waals surface area contributed by atoms with Crippen molar-refractivity contribution in [3.8, 4) is 0 Å². The first kappa shape index (κ1) is 16.0. The fourth-order valence-corrected chi connectivity index (χ4v) is 3.79. The Bertz CT molecular complexity index is 574. The van der Waals surface area contributed by atoms with Gasteiger partial charge in [-0.15, -0.1) is 22.9 Å². The molecular weight excluding hydrogens is 354 g/mol. The maximum atomic E-state index is 6.16. The zero-order valence-electron chi connectivity index (χ0n) is 12.0. The Morgan fingerprint density at radius 1 is 1.35 bits per heavy atom. The Balaban J connectivity index is 2.16. The van der Waals surface area contributed by atoms with E-state index in [-0.39, 0.29) is 5.41 Å². The van der Waals surface area contributed by atoms with E-state index in [0.29, 0.717) is 11.8 Å². The van der Waals surface area contributed by atoms with Crippen LogP contribution in [0.3, 0.4) is 0 Å². The molecular formula is C16H19BrClNS. The molecule has 0 amide bonds. The third-order valence-electron chi connectivity index (χ3n) is 3.25. The highest BCUT2D eigenvalue weighted by Gasteiger charge is 2.19. The molecule has 0 saturated carbocycles. The van der Waals surface area contributed by atoms with Gasteiger partial charge in [0.15, 0.2) is 0 Å². The molecule has 1 unspecified atom stereocenters. The zero-order chi connectivity index (χ0) is 14.8. The number of nitrogens with zero attached hydrogens (tertiary/aromatic N) is 1. The number of thiazole rings is 1. The van der Waals surface area contributed by atoms with Gasteiger partial charge >= 0.3 is 0 Å². The number of hydrogen-bond acceptors (Lipinski definition) is 2. The topological polar surface area (TPSA) is 12.9 Å². The van der Waals surface area contributed by atoms with E-state index < -0.39 is 0 Å². The lowest BCUT2D eigenvalue weighted by Gasteiger charge is -2.15. The third kappa shape index (κ3) is 4.06. The van der Waals surface area contributed by atoms with Crippen LogP contribution >= 0.6 is 38.9 Å². The van der Waals surface area contributed by atoms with Crippen molar-refractivity contribution in [1.29, 1.82) is 0 Å². The van der Waals surface area contributed by atoms with E-state index in [9.17, 15) is 0 Å². The minimum atomic E-state index is 0.112. The average Bonchev–Trinajstić information content (AvgIpc) is 2.84. The van der Waals surface area contributed by atoms with Crippen LogP contribution < -0.4 is 0 Å². The molecule has 0 bridgehead atoms. The summed E-state index contributed by atoms with van der Waals surface area (Å²) in [7, 11) is 0. The van der Waals surface area contributed by atoms with Crippen LogP contribution in [-0.4, -0.2) is 10.9 Å². The molecule has 0 aliphatic heterocycles. The molecule has 20 heavy (non-hydrogen) atoms. The summed E-state index contributed by atoms with van der Waals surface area (Å²) in [6, 6.07) is 8.37. The number of aromatic nitrogens is 1. The lowest BCUT2D eigenvalue weighted by Crippen LogP contribution is -2.12. The maximum Gasteiger partial charge on any atom is 0.0935 e. The summed E-state index contributed by atoms with van der Waals surface area (Å²) < 4.78 is 1.10. The van der Waals surface area contributed by atoms with Crippen molar-refractivity contribution < 1.29 is 0 Å². The summed E-state index contributed by atoms with van der Waals surface area (Å²) in [5.74, 6) is 0.925. The first-order chi connectivity index (χ1) is 9.40. The molecule has 0 spiro atoms. The molecule has 0 fully saturated rings. The normalized spacial score (nSPS) is 13.4. The van der Waals surface area contributed by atoms with Crippen molar-refractivity contribution >= 4 is 38.9 Å². The maximum absolute atomic E-state index is 6.16. The molecule has 0 aliphatic rings. The van der Waals surface area contributed by atoms with Crippen LogP contribution in [0.4, 0.5) is 0 Å². The van der Waals surface area contributed by atoms with Crippen LogP contribution in [0.25, 0.3) is 0 Å². The van der Waals surface area contributed by atoms with Gasteiger partial charge in [0.2, 0.25) is 0 Å². The third-order valence-corrected chi connectivity index (χ3v) is 4.98. The van der Waals surface area contributed by atoms with Gasteiger partial charge in [-0.05, 0) is 17.7 Å².